The molecule has 0 aliphatic rings. The Morgan fingerprint density at radius 2 is 2.00 bits per heavy atom. The molecular weight excluding hydrogens is 265 g/mol. The predicted molar refractivity (Wildman–Crippen MR) is 65.3 cm³/mol. The number of hydrogen-bond donors (Lipinski definition) is 2. The number of nitrogens with zero attached hydrogens (tertiary/aromatic N) is 1. The Morgan fingerprint density at radius 1 is 1.42 bits per heavy atom. The van der Waals surface area contributed by atoms with Crippen LogP contribution in [0.15, 0.2) is 17.1 Å². The molecule has 2 N–H and O–H groups in total. The summed E-state index contributed by atoms with van der Waals surface area (Å²) in [6.07, 6.45) is 0. The molecule has 3 nitrogen and oxygen atoms in total. The molecule has 0 aromatic rings. The van der Waals surface area contributed by atoms with Gasteiger partial charge in [0.2, 0.25) is 0 Å². The molecule has 0 rings (SSSR count). The Balaban J connectivity index is 0. The Labute approximate surface area is 91.7 Å². The second kappa shape index (κ2) is 8.83. The van der Waals surface area contributed by atoms with Gasteiger partial charge in [-0.3, -0.25) is 4.99 Å². The lowest BCUT2D eigenvalue weighted by molar-refractivity contribution is 0.865. The molecule has 0 fully saturated rings. The smallest absolute Gasteiger partial charge is 0.191 e. The number of nitrogens with one attached hydrogen (secondary N) is 2. The van der Waals surface area contributed by atoms with Gasteiger partial charge in [0.15, 0.2) is 5.96 Å². The maximum Gasteiger partial charge on any atom is 0.191 e. The monoisotopic (exact) mass is 283 g/mol. The van der Waals surface area contributed by atoms with Crippen molar-refractivity contribution >= 4 is 29.9 Å². The van der Waals surface area contributed by atoms with Gasteiger partial charge in [0, 0.05) is 20.1 Å². The van der Waals surface area contributed by atoms with E-state index in [0.717, 1.165) is 24.6 Å². The molecule has 0 amide bonds. The standard InChI is InChI=1S/C8H17N3.HI/c1-5-10-8(9-4)11-6-7(2)3;/h2,5-6H2,1,3-4H3,(H2,9,10,11);1H. The fraction of sp³-hybridized carbons (Fsp3) is 0.625. The second-order valence-corrected chi connectivity index (χ2v) is 2.41. The third kappa shape index (κ3) is 7.84. The lowest BCUT2D eigenvalue weighted by Gasteiger charge is -2.09. The van der Waals surface area contributed by atoms with Crippen LogP contribution >= 0.6 is 24.0 Å². The Morgan fingerprint density at radius 3 is 2.33 bits per heavy atom. The molecule has 0 bridgehead atoms. The normalized spacial score (nSPS) is 10.1. The van der Waals surface area contributed by atoms with Gasteiger partial charge in [-0.15, -0.1) is 24.0 Å². The van der Waals surface area contributed by atoms with Crippen LogP contribution in [0.5, 0.6) is 0 Å². The van der Waals surface area contributed by atoms with Gasteiger partial charge in [-0.25, -0.2) is 0 Å². The van der Waals surface area contributed by atoms with E-state index in [1.165, 1.54) is 0 Å². The molecule has 0 saturated heterocycles. The number of rotatable bonds is 3. The largest absolute Gasteiger partial charge is 0.357 e. The van der Waals surface area contributed by atoms with E-state index in [1.54, 1.807) is 7.05 Å². The van der Waals surface area contributed by atoms with Crippen LogP contribution in [0.4, 0.5) is 0 Å². The van der Waals surface area contributed by atoms with Crippen LogP contribution in [0.25, 0.3) is 0 Å². The third-order valence-corrected chi connectivity index (χ3v) is 1.13. The Hall–Kier alpha value is -0.260. The van der Waals surface area contributed by atoms with Gasteiger partial charge in [0.25, 0.3) is 0 Å². The molecule has 0 heterocycles. The maximum atomic E-state index is 4.00. The van der Waals surface area contributed by atoms with E-state index in [2.05, 4.69) is 22.2 Å². The van der Waals surface area contributed by atoms with E-state index >= 15 is 0 Å². The molecule has 0 aliphatic heterocycles. The summed E-state index contributed by atoms with van der Waals surface area (Å²) in [5.74, 6) is 0.829. The van der Waals surface area contributed by atoms with Crippen LogP contribution < -0.4 is 10.6 Å². The average molecular weight is 283 g/mol. The summed E-state index contributed by atoms with van der Waals surface area (Å²) >= 11 is 0. The van der Waals surface area contributed by atoms with E-state index in [4.69, 9.17) is 0 Å². The summed E-state index contributed by atoms with van der Waals surface area (Å²) in [4.78, 5) is 4.00. The van der Waals surface area contributed by atoms with E-state index < -0.39 is 0 Å². The number of aliphatic imine (C=N–C) groups is 1. The molecule has 0 aromatic heterocycles. The number of halogens is 1. The van der Waals surface area contributed by atoms with Crippen molar-refractivity contribution < 1.29 is 0 Å². The van der Waals surface area contributed by atoms with Crippen molar-refractivity contribution in [3.05, 3.63) is 12.2 Å². The summed E-state index contributed by atoms with van der Waals surface area (Å²) in [5.41, 5.74) is 1.10. The van der Waals surface area contributed by atoms with Crippen LogP contribution in [0, 0.1) is 0 Å². The van der Waals surface area contributed by atoms with Gasteiger partial charge in [-0.1, -0.05) is 12.2 Å². The molecular formula is C8H18IN3. The first-order chi connectivity index (χ1) is 5.20. The van der Waals surface area contributed by atoms with Crippen molar-refractivity contribution in [2.45, 2.75) is 13.8 Å². The lowest BCUT2D eigenvalue weighted by Crippen LogP contribution is -2.37. The molecule has 4 heteroatoms. The van der Waals surface area contributed by atoms with Gasteiger partial charge >= 0.3 is 0 Å². The van der Waals surface area contributed by atoms with Crippen molar-refractivity contribution in [3.63, 3.8) is 0 Å². The SMILES string of the molecule is C=C(C)CNC(=NC)NCC.I. The fourth-order valence-electron chi connectivity index (χ4n) is 0.623. The highest BCUT2D eigenvalue weighted by molar-refractivity contribution is 14.0. The molecule has 72 valence electrons. The zero-order valence-corrected chi connectivity index (χ0v) is 10.3. The van der Waals surface area contributed by atoms with Crippen molar-refractivity contribution in [2.75, 3.05) is 20.1 Å². The summed E-state index contributed by atoms with van der Waals surface area (Å²) in [6, 6.07) is 0. The topological polar surface area (TPSA) is 36.4 Å². The molecule has 0 saturated carbocycles. The minimum atomic E-state index is 0. The lowest BCUT2D eigenvalue weighted by atomic mass is 10.3. The van der Waals surface area contributed by atoms with Gasteiger partial charge in [0.05, 0.1) is 0 Å². The van der Waals surface area contributed by atoms with Crippen molar-refractivity contribution in [1.82, 2.24) is 10.6 Å². The van der Waals surface area contributed by atoms with E-state index in [1.807, 2.05) is 13.8 Å². The first-order valence-corrected chi connectivity index (χ1v) is 3.79. The molecule has 0 aliphatic carbocycles. The second-order valence-electron chi connectivity index (χ2n) is 2.41. The quantitative estimate of drug-likeness (QED) is 0.355. The van der Waals surface area contributed by atoms with E-state index in [9.17, 15) is 0 Å². The summed E-state index contributed by atoms with van der Waals surface area (Å²) in [5, 5.41) is 6.19. The van der Waals surface area contributed by atoms with Crippen LogP contribution in [0.3, 0.4) is 0 Å². The summed E-state index contributed by atoms with van der Waals surface area (Å²) in [7, 11) is 1.75. The first-order valence-electron chi connectivity index (χ1n) is 3.79. The third-order valence-electron chi connectivity index (χ3n) is 1.13. The van der Waals surface area contributed by atoms with Gasteiger partial charge in [-0.05, 0) is 13.8 Å². The predicted octanol–water partition coefficient (Wildman–Crippen LogP) is 1.37. The minimum Gasteiger partial charge on any atom is -0.357 e. The Kier molecular flexibility index (Phi) is 10.5. The van der Waals surface area contributed by atoms with E-state index in [0.29, 0.717) is 0 Å². The highest BCUT2D eigenvalue weighted by Gasteiger charge is 1.92. The average Bonchev–Trinajstić information content (AvgIpc) is 1.97. The molecule has 12 heavy (non-hydrogen) atoms. The van der Waals surface area contributed by atoms with Crippen LogP contribution in [-0.2, 0) is 0 Å². The van der Waals surface area contributed by atoms with Crippen molar-refractivity contribution in [2.24, 2.45) is 4.99 Å². The molecule has 0 aromatic carbocycles. The maximum absolute atomic E-state index is 4.00. The minimum absolute atomic E-state index is 0. The molecule has 0 spiro atoms. The van der Waals surface area contributed by atoms with Crippen LogP contribution in [0.2, 0.25) is 0 Å². The van der Waals surface area contributed by atoms with E-state index in [-0.39, 0.29) is 24.0 Å². The molecule has 0 atom stereocenters. The fourth-order valence-corrected chi connectivity index (χ4v) is 0.623. The van der Waals surface area contributed by atoms with Gasteiger partial charge < -0.3 is 10.6 Å². The molecule has 0 unspecified atom stereocenters. The highest BCUT2D eigenvalue weighted by Crippen LogP contribution is 1.80. The van der Waals surface area contributed by atoms with Gasteiger partial charge in [-0.2, -0.15) is 0 Å². The zero-order chi connectivity index (χ0) is 8.69. The number of hydrogen-bond acceptors (Lipinski definition) is 1. The summed E-state index contributed by atoms with van der Waals surface area (Å²) < 4.78 is 0. The Bertz CT molecular complexity index is 154. The zero-order valence-electron chi connectivity index (χ0n) is 7.98. The summed E-state index contributed by atoms with van der Waals surface area (Å²) in [6.45, 7) is 9.45. The van der Waals surface area contributed by atoms with Crippen LogP contribution in [0.1, 0.15) is 13.8 Å². The van der Waals surface area contributed by atoms with Crippen molar-refractivity contribution in [1.29, 1.82) is 0 Å². The van der Waals surface area contributed by atoms with Crippen LogP contribution in [-0.4, -0.2) is 26.1 Å². The first kappa shape index (κ1) is 14.3. The highest BCUT2D eigenvalue weighted by atomic mass is 127. The van der Waals surface area contributed by atoms with Gasteiger partial charge in [0.1, 0.15) is 0 Å². The number of guanidine groups is 1. The van der Waals surface area contributed by atoms with Crippen molar-refractivity contribution in [3.8, 4) is 0 Å². The molecule has 0 radical (unpaired) electrons.